The second-order valence-corrected chi connectivity index (χ2v) is 20.0. The minimum atomic E-state index is -1.73. The van der Waals surface area contributed by atoms with Gasteiger partial charge < -0.3 is 59.8 Å². The lowest BCUT2D eigenvalue weighted by Crippen LogP contribution is -2.68. The van der Waals surface area contributed by atoms with Crippen LogP contribution in [0.15, 0.2) is 11.6 Å². The van der Waals surface area contributed by atoms with Gasteiger partial charge in [-0.3, -0.25) is 9.59 Å². The highest BCUT2D eigenvalue weighted by Gasteiger charge is 2.73. The molecule has 6 fully saturated rings. The molecule has 20 atom stereocenters. The van der Waals surface area contributed by atoms with Crippen molar-refractivity contribution in [3.63, 3.8) is 0 Å². The van der Waals surface area contributed by atoms with E-state index in [2.05, 4.69) is 47.6 Å². The number of carboxylic acid groups (broad SMARTS) is 2. The standard InChI is InChI=1S/C42H66O14/c1-19-10-15-41(36(49)50)16-17-42(37(51)52)22(27(41)20(19)2)8-9-25-39(6)13-12-26(38(4,5)24(39)11-14-40(25,42)7)55-35-32(48)33(28(44)21(3)53-35)56-34-31(47)30(46)29(45)23(18-43)54-34/h8,19-21,23-35,43-48H,9-18H2,1-7H3,(H,49,50)(H,51,52)/t19-,20+,21-,23-,24+,25-,26+,27+,28+,29-,30+,31-,32-,33+,34+,35+,39+,40-,41+,42-/m1/s1. The van der Waals surface area contributed by atoms with E-state index in [0.29, 0.717) is 44.4 Å². The topological polar surface area (TPSA) is 233 Å². The van der Waals surface area contributed by atoms with Crippen molar-refractivity contribution in [2.45, 2.75) is 174 Å². The van der Waals surface area contributed by atoms with Gasteiger partial charge in [0.2, 0.25) is 0 Å². The first-order valence-electron chi connectivity index (χ1n) is 20.9. The maximum atomic E-state index is 14.0. The van der Waals surface area contributed by atoms with Crippen LogP contribution in [-0.4, -0.2) is 127 Å². The fraction of sp³-hybridized carbons (Fsp3) is 0.905. The summed E-state index contributed by atoms with van der Waals surface area (Å²) in [6.07, 6.45) is -7.03. The molecule has 4 saturated carbocycles. The van der Waals surface area contributed by atoms with Crippen molar-refractivity contribution in [2.75, 3.05) is 6.61 Å². The van der Waals surface area contributed by atoms with Crippen LogP contribution in [0.2, 0.25) is 0 Å². The summed E-state index contributed by atoms with van der Waals surface area (Å²) >= 11 is 0. The molecule has 56 heavy (non-hydrogen) atoms. The number of rotatable bonds is 7. The number of aliphatic carboxylic acids is 2. The number of carboxylic acids is 2. The molecule has 8 N–H and O–H groups in total. The Hall–Kier alpha value is -1.72. The molecule has 0 bridgehead atoms. The number of aliphatic hydroxyl groups is 6. The molecule has 5 aliphatic carbocycles. The zero-order valence-corrected chi connectivity index (χ0v) is 33.9. The Kier molecular flexibility index (Phi) is 11.0. The predicted molar refractivity (Wildman–Crippen MR) is 198 cm³/mol. The Labute approximate surface area is 329 Å². The Morgan fingerprint density at radius 3 is 2.07 bits per heavy atom. The van der Waals surface area contributed by atoms with Crippen molar-refractivity contribution in [1.29, 1.82) is 0 Å². The van der Waals surface area contributed by atoms with E-state index in [1.54, 1.807) is 6.92 Å². The predicted octanol–water partition coefficient (Wildman–Crippen LogP) is 2.83. The molecule has 318 valence electrons. The number of carbonyl (C=O) groups is 2. The van der Waals surface area contributed by atoms with E-state index in [1.165, 1.54) is 0 Å². The third-order valence-corrected chi connectivity index (χ3v) is 17.4. The first-order chi connectivity index (χ1) is 26.1. The summed E-state index contributed by atoms with van der Waals surface area (Å²) in [5.74, 6) is -1.49. The molecule has 0 aromatic carbocycles. The number of fused-ring (bicyclic) bond motifs is 7. The van der Waals surface area contributed by atoms with E-state index in [-0.39, 0.29) is 29.1 Å². The van der Waals surface area contributed by atoms with Crippen LogP contribution in [0.4, 0.5) is 0 Å². The zero-order chi connectivity index (χ0) is 41.1. The van der Waals surface area contributed by atoms with Gasteiger partial charge in [-0.15, -0.1) is 0 Å². The average molecular weight is 795 g/mol. The van der Waals surface area contributed by atoms with Gasteiger partial charge in [0.15, 0.2) is 12.6 Å². The van der Waals surface area contributed by atoms with Crippen molar-refractivity contribution in [2.24, 2.45) is 56.7 Å². The summed E-state index contributed by atoms with van der Waals surface area (Å²) in [5, 5.41) is 85.6. The highest BCUT2D eigenvalue weighted by atomic mass is 16.7. The quantitative estimate of drug-likeness (QED) is 0.137. The molecular weight excluding hydrogens is 728 g/mol. The smallest absolute Gasteiger partial charge is 0.314 e. The highest BCUT2D eigenvalue weighted by molar-refractivity contribution is 5.84. The summed E-state index contributed by atoms with van der Waals surface area (Å²) in [4.78, 5) is 27.1. The number of hydrogen-bond donors (Lipinski definition) is 8. The van der Waals surface area contributed by atoms with Crippen molar-refractivity contribution < 1.29 is 69.4 Å². The minimum Gasteiger partial charge on any atom is -0.481 e. The molecule has 0 amide bonds. The van der Waals surface area contributed by atoms with Crippen LogP contribution in [0, 0.1) is 56.7 Å². The zero-order valence-electron chi connectivity index (χ0n) is 33.9. The van der Waals surface area contributed by atoms with E-state index in [4.69, 9.17) is 18.9 Å². The van der Waals surface area contributed by atoms with E-state index in [9.17, 15) is 50.4 Å². The second kappa shape index (κ2) is 14.5. The molecule has 2 aliphatic heterocycles. The lowest BCUT2D eigenvalue weighted by molar-refractivity contribution is -0.366. The fourth-order valence-corrected chi connectivity index (χ4v) is 14.0. The lowest BCUT2D eigenvalue weighted by Gasteiger charge is -2.70. The fourth-order valence-electron chi connectivity index (χ4n) is 14.0. The highest BCUT2D eigenvalue weighted by Crippen LogP contribution is 2.76. The van der Waals surface area contributed by atoms with Gasteiger partial charge in [0, 0.05) is 0 Å². The van der Waals surface area contributed by atoms with Gasteiger partial charge >= 0.3 is 11.9 Å². The molecule has 0 aromatic heterocycles. The largest absolute Gasteiger partial charge is 0.481 e. The van der Waals surface area contributed by atoms with Crippen molar-refractivity contribution in [3.05, 3.63) is 11.6 Å². The lowest BCUT2D eigenvalue weighted by atomic mass is 9.33. The third-order valence-electron chi connectivity index (χ3n) is 17.4. The second-order valence-electron chi connectivity index (χ2n) is 20.0. The minimum absolute atomic E-state index is 0.0190. The van der Waals surface area contributed by atoms with Crippen LogP contribution < -0.4 is 0 Å². The van der Waals surface area contributed by atoms with Crippen LogP contribution >= 0.6 is 0 Å². The van der Waals surface area contributed by atoms with Gasteiger partial charge in [-0.2, -0.15) is 0 Å². The van der Waals surface area contributed by atoms with Crippen molar-refractivity contribution >= 4 is 11.9 Å². The Balaban J connectivity index is 1.14. The maximum absolute atomic E-state index is 14.0. The summed E-state index contributed by atoms with van der Waals surface area (Å²) < 4.78 is 24.1. The summed E-state index contributed by atoms with van der Waals surface area (Å²) in [6, 6.07) is 0. The van der Waals surface area contributed by atoms with Crippen LogP contribution in [0.1, 0.15) is 106 Å². The monoisotopic (exact) mass is 794 g/mol. The maximum Gasteiger partial charge on any atom is 0.314 e. The number of allylic oxidation sites excluding steroid dienone is 1. The number of hydrogen-bond acceptors (Lipinski definition) is 12. The summed E-state index contributed by atoms with van der Waals surface area (Å²) in [7, 11) is 0. The molecule has 0 aromatic rings. The van der Waals surface area contributed by atoms with Crippen LogP contribution in [0.5, 0.6) is 0 Å². The average Bonchev–Trinajstić information content (AvgIpc) is 3.14. The molecule has 2 saturated heterocycles. The van der Waals surface area contributed by atoms with Crippen molar-refractivity contribution in [1.82, 2.24) is 0 Å². The third kappa shape index (κ3) is 5.85. The molecule has 2 heterocycles. The van der Waals surface area contributed by atoms with Gasteiger partial charge in [0.05, 0.1) is 29.6 Å². The Morgan fingerprint density at radius 1 is 0.750 bits per heavy atom. The van der Waals surface area contributed by atoms with E-state index in [0.717, 1.165) is 24.8 Å². The molecule has 14 nitrogen and oxygen atoms in total. The first-order valence-corrected chi connectivity index (χ1v) is 20.9. The molecule has 7 aliphatic rings. The van der Waals surface area contributed by atoms with Crippen LogP contribution in [0.25, 0.3) is 0 Å². The van der Waals surface area contributed by atoms with E-state index < -0.39 is 108 Å². The van der Waals surface area contributed by atoms with Gasteiger partial charge in [-0.05, 0) is 111 Å². The summed E-state index contributed by atoms with van der Waals surface area (Å²) in [6.45, 7) is 14.0. The van der Waals surface area contributed by atoms with Gasteiger partial charge in [0.25, 0.3) is 0 Å². The van der Waals surface area contributed by atoms with E-state index in [1.807, 2.05) is 0 Å². The van der Waals surface area contributed by atoms with E-state index >= 15 is 0 Å². The molecule has 14 heteroatoms. The number of aliphatic hydroxyl groups excluding tert-OH is 6. The van der Waals surface area contributed by atoms with Crippen molar-refractivity contribution in [3.8, 4) is 0 Å². The molecule has 0 radical (unpaired) electrons. The molecule has 0 spiro atoms. The molecule has 7 rings (SSSR count). The SMILES string of the molecule is C[C@H]1[C@H](C)CC[C@]2(C(=O)O)CC[C@]3(C(=O)O)C(=CC[C@@H]4[C@@]5(C)CC[C@H](O[C@@H]6O[C@H](C)[C@H](O)[C@H](O[C@@H]7O[C@H](CO)[C@@H](O)[C@H](O)[C@H]7O)[C@H]6O)C(C)(C)[C@@H]5CC[C@]43C)[C@H]12. The first kappa shape index (κ1) is 42.4. The summed E-state index contributed by atoms with van der Waals surface area (Å²) in [5.41, 5.74) is -2.61. The van der Waals surface area contributed by atoms with Gasteiger partial charge in [0.1, 0.15) is 42.7 Å². The van der Waals surface area contributed by atoms with Crippen LogP contribution in [-0.2, 0) is 28.5 Å². The number of ether oxygens (including phenoxy) is 4. The Bertz CT molecular complexity index is 1550. The molecular formula is C42H66O14. The van der Waals surface area contributed by atoms with Crippen LogP contribution in [0.3, 0.4) is 0 Å². The van der Waals surface area contributed by atoms with Gasteiger partial charge in [-0.25, -0.2) is 0 Å². The van der Waals surface area contributed by atoms with Gasteiger partial charge in [-0.1, -0.05) is 53.2 Å². The Morgan fingerprint density at radius 2 is 1.43 bits per heavy atom. The normalized spacial score (nSPS) is 54.1. The molecule has 0 unspecified atom stereocenters.